The van der Waals surface area contributed by atoms with Crippen molar-refractivity contribution >= 4 is 32.2 Å². The number of hydrogen-bond acceptors (Lipinski definition) is 6. The molecule has 25 heavy (non-hydrogen) atoms. The van der Waals surface area contributed by atoms with Crippen LogP contribution < -0.4 is 9.47 Å². The molecule has 2 heterocycles. The zero-order valence-electron chi connectivity index (χ0n) is 13.4. The smallest absolute Gasteiger partial charge is 0.235 e. The Morgan fingerprint density at radius 1 is 0.960 bits per heavy atom. The van der Waals surface area contributed by atoms with Crippen LogP contribution in [0.2, 0.25) is 0 Å². The van der Waals surface area contributed by atoms with E-state index in [1.165, 1.54) is 11.3 Å². The van der Waals surface area contributed by atoms with E-state index in [2.05, 4.69) is 31.2 Å². The first-order valence-electron chi connectivity index (χ1n) is 7.40. The van der Waals surface area contributed by atoms with Gasteiger partial charge < -0.3 is 9.47 Å². The number of methoxy groups -OCH3 is 2. The van der Waals surface area contributed by atoms with E-state index in [9.17, 15) is 0 Å². The molecule has 0 saturated carbocycles. The molecule has 2 aromatic heterocycles. The molecule has 0 unspecified atom stereocenters. The first-order valence-corrected chi connectivity index (χ1v) is 9.01. The molecule has 0 bridgehead atoms. The Labute approximate surface area is 156 Å². The Morgan fingerprint density at radius 3 is 2.56 bits per heavy atom. The van der Waals surface area contributed by atoms with E-state index in [0.717, 1.165) is 25.6 Å². The Balaban J connectivity index is 1.80. The molecule has 4 aromatic rings. The fourth-order valence-electron chi connectivity index (χ4n) is 2.51. The maximum Gasteiger partial charge on any atom is 0.235 e. The summed E-state index contributed by atoms with van der Waals surface area (Å²) < 4.78 is 13.4. The molecule has 0 spiro atoms. The number of hydrogen-bond donors (Lipinski definition) is 0. The molecule has 0 N–H and O–H groups in total. The topological polar surface area (TPSA) is 61.5 Å². The monoisotopic (exact) mass is 416 g/mol. The lowest BCUT2D eigenvalue weighted by molar-refractivity contribution is 0.355. The van der Waals surface area contributed by atoms with Gasteiger partial charge in [-0.15, -0.1) is 10.2 Å². The van der Waals surface area contributed by atoms with E-state index in [1.54, 1.807) is 18.7 Å². The highest BCUT2D eigenvalue weighted by Crippen LogP contribution is 2.34. The minimum absolute atomic E-state index is 0.665. The van der Waals surface area contributed by atoms with Crippen molar-refractivity contribution < 1.29 is 9.47 Å². The average Bonchev–Trinajstić information content (AvgIpc) is 3.21. The Hall–Kier alpha value is -2.45. The number of halogens is 1. The van der Waals surface area contributed by atoms with E-state index in [4.69, 9.17) is 9.47 Å². The summed E-state index contributed by atoms with van der Waals surface area (Å²) in [6, 6.07) is 13.6. The van der Waals surface area contributed by atoms with Crippen molar-refractivity contribution in [3.63, 3.8) is 0 Å². The minimum Gasteiger partial charge on any atom is -0.493 e. The maximum atomic E-state index is 5.37. The third-order valence-electron chi connectivity index (χ3n) is 3.70. The molecular formula is C17H13BrN4O2S. The number of fused-ring (bicyclic) bond motifs is 1. The van der Waals surface area contributed by atoms with Gasteiger partial charge in [-0.2, -0.15) is 9.61 Å². The highest BCUT2D eigenvalue weighted by Gasteiger charge is 2.16. The molecule has 0 radical (unpaired) electrons. The van der Waals surface area contributed by atoms with Crippen LogP contribution in [0.25, 0.3) is 26.9 Å². The molecule has 0 aliphatic carbocycles. The summed E-state index contributed by atoms with van der Waals surface area (Å²) in [4.78, 5) is 0.736. The van der Waals surface area contributed by atoms with Crippen LogP contribution in [0.4, 0.5) is 0 Å². The van der Waals surface area contributed by atoms with Gasteiger partial charge in [-0.3, -0.25) is 0 Å². The van der Waals surface area contributed by atoms with Crippen molar-refractivity contribution in [2.24, 2.45) is 0 Å². The van der Waals surface area contributed by atoms with Crippen molar-refractivity contribution in [3.8, 4) is 33.5 Å². The Bertz CT molecular complexity index is 1060. The van der Waals surface area contributed by atoms with Crippen LogP contribution in [0.1, 0.15) is 0 Å². The van der Waals surface area contributed by atoms with Crippen molar-refractivity contribution in [2.45, 2.75) is 0 Å². The summed E-state index contributed by atoms with van der Waals surface area (Å²) in [6.07, 6.45) is 0. The first kappa shape index (κ1) is 16.0. The highest BCUT2D eigenvalue weighted by atomic mass is 79.9. The number of aromatic nitrogens is 4. The standard InChI is InChI=1S/C17H13BrN4O2S/c1-23-13-7-6-11(9-14(13)24-2)16-21-22-15(19-20-17(22)25-16)10-4-3-5-12(18)8-10/h3-9H,1-2H3. The Morgan fingerprint density at radius 2 is 1.80 bits per heavy atom. The second-order valence-corrected chi connectivity index (χ2v) is 7.08. The van der Waals surface area contributed by atoms with Crippen LogP contribution in [0.3, 0.4) is 0 Å². The predicted molar refractivity (Wildman–Crippen MR) is 100 cm³/mol. The molecule has 0 saturated heterocycles. The highest BCUT2D eigenvalue weighted by molar-refractivity contribution is 9.10. The third kappa shape index (κ3) is 2.87. The third-order valence-corrected chi connectivity index (χ3v) is 5.15. The molecule has 0 atom stereocenters. The van der Waals surface area contributed by atoms with Gasteiger partial charge in [-0.25, -0.2) is 0 Å². The molecule has 126 valence electrons. The summed E-state index contributed by atoms with van der Waals surface area (Å²) in [6.45, 7) is 0. The summed E-state index contributed by atoms with van der Waals surface area (Å²) in [5.41, 5.74) is 1.89. The van der Waals surface area contributed by atoms with E-state index < -0.39 is 0 Å². The van der Waals surface area contributed by atoms with Crippen LogP contribution in [0, 0.1) is 0 Å². The van der Waals surface area contributed by atoms with Crippen LogP contribution in [0.5, 0.6) is 11.5 Å². The molecule has 0 fully saturated rings. The lowest BCUT2D eigenvalue weighted by atomic mass is 10.2. The number of rotatable bonds is 4. The van der Waals surface area contributed by atoms with Gasteiger partial charge in [0.1, 0.15) is 5.01 Å². The van der Waals surface area contributed by atoms with Crippen molar-refractivity contribution in [2.75, 3.05) is 14.2 Å². The lowest BCUT2D eigenvalue weighted by Crippen LogP contribution is -1.92. The van der Waals surface area contributed by atoms with Gasteiger partial charge in [0.2, 0.25) is 4.96 Å². The zero-order valence-corrected chi connectivity index (χ0v) is 15.8. The fraction of sp³-hybridized carbons (Fsp3) is 0.118. The van der Waals surface area contributed by atoms with Crippen LogP contribution in [-0.4, -0.2) is 34.0 Å². The molecule has 6 nitrogen and oxygen atoms in total. The summed E-state index contributed by atoms with van der Waals surface area (Å²) >= 11 is 4.95. The second-order valence-electron chi connectivity index (χ2n) is 5.21. The zero-order chi connectivity index (χ0) is 17.4. The molecule has 0 amide bonds. The number of ether oxygens (including phenoxy) is 2. The van der Waals surface area contributed by atoms with Crippen molar-refractivity contribution in [1.82, 2.24) is 19.8 Å². The molecular weight excluding hydrogens is 404 g/mol. The van der Waals surface area contributed by atoms with Gasteiger partial charge in [-0.1, -0.05) is 39.4 Å². The summed E-state index contributed by atoms with van der Waals surface area (Å²) in [5.74, 6) is 2.06. The van der Waals surface area contributed by atoms with E-state index in [0.29, 0.717) is 17.3 Å². The molecule has 0 aliphatic heterocycles. The molecule has 2 aromatic carbocycles. The first-order chi connectivity index (χ1) is 12.2. The lowest BCUT2D eigenvalue weighted by Gasteiger charge is -2.07. The van der Waals surface area contributed by atoms with Crippen molar-refractivity contribution in [1.29, 1.82) is 0 Å². The van der Waals surface area contributed by atoms with Gasteiger partial charge in [0.15, 0.2) is 17.3 Å². The average molecular weight is 417 g/mol. The van der Waals surface area contributed by atoms with Gasteiger partial charge in [-0.05, 0) is 30.3 Å². The summed E-state index contributed by atoms with van der Waals surface area (Å²) in [7, 11) is 3.23. The number of nitrogens with zero attached hydrogens (tertiary/aromatic N) is 4. The molecule has 8 heteroatoms. The van der Waals surface area contributed by atoms with Gasteiger partial charge in [0, 0.05) is 15.6 Å². The maximum absolute atomic E-state index is 5.37. The minimum atomic E-state index is 0.665. The quantitative estimate of drug-likeness (QED) is 0.496. The fourth-order valence-corrected chi connectivity index (χ4v) is 3.75. The SMILES string of the molecule is COc1ccc(-c2nn3c(-c4cccc(Br)c4)nnc3s2)cc1OC. The molecule has 4 rings (SSSR count). The van der Waals surface area contributed by atoms with E-state index >= 15 is 0 Å². The number of benzene rings is 2. The normalized spacial score (nSPS) is 11.0. The van der Waals surface area contributed by atoms with E-state index in [1.807, 2.05) is 42.5 Å². The van der Waals surface area contributed by atoms with Gasteiger partial charge in [0.05, 0.1) is 14.2 Å². The van der Waals surface area contributed by atoms with E-state index in [-0.39, 0.29) is 0 Å². The summed E-state index contributed by atoms with van der Waals surface area (Å²) in [5, 5.41) is 14.0. The largest absolute Gasteiger partial charge is 0.493 e. The molecule has 0 aliphatic rings. The van der Waals surface area contributed by atoms with Crippen LogP contribution >= 0.6 is 27.3 Å². The predicted octanol–water partition coefficient (Wildman–Crippen LogP) is 4.30. The van der Waals surface area contributed by atoms with Crippen molar-refractivity contribution in [3.05, 3.63) is 46.9 Å². The van der Waals surface area contributed by atoms with Crippen LogP contribution in [-0.2, 0) is 0 Å². The van der Waals surface area contributed by atoms with Gasteiger partial charge in [0.25, 0.3) is 0 Å². The Kier molecular flexibility index (Phi) is 4.14. The van der Waals surface area contributed by atoms with Crippen LogP contribution in [0.15, 0.2) is 46.9 Å². The second kappa shape index (κ2) is 6.45. The van der Waals surface area contributed by atoms with Gasteiger partial charge >= 0.3 is 0 Å².